The third-order valence-corrected chi connectivity index (χ3v) is 2.71. The van der Waals surface area contributed by atoms with Crippen LogP contribution >= 0.6 is 0 Å². The van der Waals surface area contributed by atoms with Crippen LogP contribution in [0.25, 0.3) is 0 Å². The van der Waals surface area contributed by atoms with Crippen molar-refractivity contribution in [2.45, 2.75) is 45.6 Å². The van der Waals surface area contributed by atoms with Crippen LogP contribution in [0.2, 0.25) is 0 Å². The van der Waals surface area contributed by atoms with Gasteiger partial charge in [-0.15, -0.1) is 0 Å². The standard InChI is InChI=1S/C11H22N2O2/c1-10(2,3)15-9(14)13-7-6-11(8-12)4-5-11/h4-8,12H2,1-3H3,(H,13,14). The van der Waals surface area contributed by atoms with E-state index in [1.165, 1.54) is 12.8 Å². The van der Waals surface area contributed by atoms with Crippen LogP contribution in [0.5, 0.6) is 0 Å². The average Bonchev–Trinajstić information content (AvgIpc) is 2.82. The van der Waals surface area contributed by atoms with Gasteiger partial charge in [-0.3, -0.25) is 0 Å². The summed E-state index contributed by atoms with van der Waals surface area (Å²) in [6.45, 7) is 6.95. The first kappa shape index (κ1) is 12.3. The minimum atomic E-state index is -0.421. The lowest BCUT2D eigenvalue weighted by atomic mass is 10.0. The second kappa shape index (κ2) is 4.39. The van der Waals surface area contributed by atoms with Gasteiger partial charge in [0.1, 0.15) is 5.60 Å². The molecule has 0 spiro atoms. The molecule has 0 aromatic rings. The molecule has 1 aliphatic rings. The molecule has 0 aromatic heterocycles. The van der Waals surface area contributed by atoms with E-state index in [0.717, 1.165) is 13.0 Å². The van der Waals surface area contributed by atoms with E-state index >= 15 is 0 Å². The van der Waals surface area contributed by atoms with Crippen molar-refractivity contribution in [1.82, 2.24) is 5.32 Å². The van der Waals surface area contributed by atoms with Crippen molar-refractivity contribution < 1.29 is 9.53 Å². The predicted molar refractivity (Wildman–Crippen MR) is 59.6 cm³/mol. The van der Waals surface area contributed by atoms with E-state index in [0.29, 0.717) is 12.0 Å². The van der Waals surface area contributed by atoms with Gasteiger partial charge in [-0.1, -0.05) is 0 Å². The molecule has 88 valence electrons. The summed E-state index contributed by atoms with van der Waals surface area (Å²) in [7, 11) is 0. The third kappa shape index (κ3) is 4.51. The number of ether oxygens (including phenoxy) is 1. The van der Waals surface area contributed by atoms with Gasteiger partial charge in [0.05, 0.1) is 0 Å². The van der Waals surface area contributed by atoms with Gasteiger partial charge in [0.2, 0.25) is 0 Å². The summed E-state index contributed by atoms with van der Waals surface area (Å²) in [4.78, 5) is 11.3. The highest BCUT2D eigenvalue weighted by atomic mass is 16.6. The number of carbonyl (C=O) groups excluding carboxylic acids is 1. The lowest BCUT2D eigenvalue weighted by molar-refractivity contribution is 0.0524. The van der Waals surface area contributed by atoms with Gasteiger partial charge in [0, 0.05) is 6.54 Å². The van der Waals surface area contributed by atoms with Crippen LogP contribution in [0.4, 0.5) is 4.79 Å². The average molecular weight is 214 g/mol. The number of nitrogens with one attached hydrogen (secondary N) is 1. The van der Waals surface area contributed by atoms with Crippen molar-refractivity contribution in [3.8, 4) is 0 Å². The molecule has 1 fully saturated rings. The van der Waals surface area contributed by atoms with E-state index in [-0.39, 0.29) is 6.09 Å². The maximum atomic E-state index is 11.3. The molecule has 0 bridgehead atoms. The molecule has 1 amide bonds. The summed E-state index contributed by atoms with van der Waals surface area (Å²) in [6, 6.07) is 0. The minimum Gasteiger partial charge on any atom is -0.444 e. The Labute approximate surface area is 91.5 Å². The number of alkyl carbamates (subject to hydrolysis) is 1. The van der Waals surface area contributed by atoms with Gasteiger partial charge in [0.15, 0.2) is 0 Å². The zero-order chi connectivity index (χ0) is 11.5. The lowest BCUT2D eigenvalue weighted by Crippen LogP contribution is -2.34. The molecule has 0 aliphatic heterocycles. The first-order valence-electron chi connectivity index (χ1n) is 5.54. The van der Waals surface area contributed by atoms with Gasteiger partial charge in [-0.05, 0) is 52.0 Å². The highest BCUT2D eigenvalue weighted by Crippen LogP contribution is 2.47. The number of hydrogen-bond donors (Lipinski definition) is 2. The Morgan fingerprint density at radius 2 is 2.07 bits per heavy atom. The number of hydrogen-bond acceptors (Lipinski definition) is 3. The minimum absolute atomic E-state index is 0.314. The van der Waals surface area contributed by atoms with Gasteiger partial charge in [0.25, 0.3) is 0 Å². The number of amides is 1. The maximum Gasteiger partial charge on any atom is 0.407 e. The number of rotatable bonds is 4. The van der Waals surface area contributed by atoms with Gasteiger partial charge >= 0.3 is 6.09 Å². The summed E-state index contributed by atoms with van der Waals surface area (Å²) in [5, 5.41) is 2.75. The third-order valence-electron chi connectivity index (χ3n) is 2.71. The van der Waals surface area contributed by atoms with E-state index in [4.69, 9.17) is 10.5 Å². The maximum absolute atomic E-state index is 11.3. The fourth-order valence-electron chi connectivity index (χ4n) is 1.48. The molecule has 4 nitrogen and oxygen atoms in total. The molecule has 0 saturated heterocycles. The summed E-state index contributed by atoms with van der Waals surface area (Å²) in [6.07, 6.45) is 3.01. The fraction of sp³-hybridized carbons (Fsp3) is 0.909. The van der Waals surface area contributed by atoms with Crippen molar-refractivity contribution in [1.29, 1.82) is 0 Å². The highest BCUT2D eigenvalue weighted by Gasteiger charge is 2.40. The molecule has 0 atom stereocenters. The monoisotopic (exact) mass is 214 g/mol. The van der Waals surface area contributed by atoms with Crippen LogP contribution in [0, 0.1) is 5.41 Å². The van der Waals surface area contributed by atoms with Crippen LogP contribution in [-0.2, 0) is 4.74 Å². The largest absolute Gasteiger partial charge is 0.444 e. The number of carbonyl (C=O) groups is 1. The molecule has 4 heteroatoms. The predicted octanol–water partition coefficient (Wildman–Crippen LogP) is 1.64. The molecule has 15 heavy (non-hydrogen) atoms. The number of nitrogens with two attached hydrogens (primary N) is 1. The Balaban J connectivity index is 2.12. The normalized spacial score (nSPS) is 18.4. The van der Waals surface area contributed by atoms with E-state index in [1.54, 1.807) is 0 Å². The Hall–Kier alpha value is -0.770. The van der Waals surface area contributed by atoms with E-state index in [2.05, 4.69) is 5.32 Å². The first-order chi connectivity index (χ1) is 6.87. The first-order valence-corrected chi connectivity index (χ1v) is 5.54. The highest BCUT2D eigenvalue weighted by molar-refractivity contribution is 5.67. The van der Waals surface area contributed by atoms with Crippen LogP contribution in [0.15, 0.2) is 0 Å². The molecule has 3 N–H and O–H groups in total. The van der Waals surface area contributed by atoms with Gasteiger partial charge in [-0.2, -0.15) is 0 Å². The van der Waals surface area contributed by atoms with Crippen molar-refractivity contribution in [2.24, 2.45) is 11.1 Å². The van der Waals surface area contributed by atoms with Crippen LogP contribution in [0.1, 0.15) is 40.0 Å². The molecule has 0 heterocycles. The van der Waals surface area contributed by atoms with E-state index in [9.17, 15) is 4.79 Å². The van der Waals surface area contributed by atoms with Crippen LogP contribution in [0.3, 0.4) is 0 Å². The molecular formula is C11H22N2O2. The summed E-state index contributed by atoms with van der Waals surface area (Å²) < 4.78 is 5.13. The van der Waals surface area contributed by atoms with Crippen molar-refractivity contribution in [3.05, 3.63) is 0 Å². The zero-order valence-electron chi connectivity index (χ0n) is 9.93. The van der Waals surface area contributed by atoms with Gasteiger partial charge in [-0.25, -0.2) is 4.79 Å². The van der Waals surface area contributed by atoms with Gasteiger partial charge < -0.3 is 15.8 Å². The molecule has 1 aliphatic carbocycles. The molecule has 0 unspecified atom stereocenters. The smallest absolute Gasteiger partial charge is 0.407 e. The molecular weight excluding hydrogens is 192 g/mol. The summed E-state index contributed by atoms with van der Waals surface area (Å²) in [5.74, 6) is 0. The van der Waals surface area contributed by atoms with Crippen LogP contribution < -0.4 is 11.1 Å². The Kier molecular flexibility index (Phi) is 3.60. The molecule has 1 saturated carbocycles. The summed E-state index contributed by atoms with van der Waals surface area (Å²) in [5.41, 5.74) is 5.54. The Morgan fingerprint density at radius 1 is 1.47 bits per heavy atom. The second-order valence-electron chi connectivity index (χ2n) is 5.38. The fourth-order valence-corrected chi connectivity index (χ4v) is 1.48. The van der Waals surface area contributed by atoms with Crippen molar-refractivity contribution >= 4 is 6.09 Å². The lowest BCUT2D eigenvalue weighted by Gasteiger charge is -2.20. The van der Waals surface area contributed by atoms with Crippen LogP contribution in [-0.4, -0.2) is 24.8 Å². The van der Waals surface area contributed by atoms with Crippen molar-refractivity contribution in [2.75, 3.05) is 13.1 Å². The van der Waals surface area contributed by atoms with E-state index < -0.39 is 5.60 Å². The topological polar surface area (TPSA) is 64.3 Å². The second-order valence-corrected chi connectivity index (χ2v) is 5.38. The molecule has 0 radical (unpaired) electrons. The van der Waals surface area contributed by atoms with E-state index in [1.807, 2.05) is 20.8 Å². The Morgan fingerprint density at radius 3 is 2.47 bits per heavy atom. The Bertz CT molecular complexity index is 229. The SMILES string of the molecule is CC(C)(C)OC(=O)NCCC1(CN)CC1. The summed E-state index contributed by atoms with van der Waals surface area (Å²) >= 11 is 0. The van der Waals surface area contributed by atoms with Crippen molar-refractivity contribution in [3.63, 3.8) is 0 Å². The molecule has 1 rings (SSSR count). The molecule has 0 aromatic carbocycles. The zero-order valence-corrected chi connectivity index (χ0v) is 9.93. The quantitative estimate of drug-likeness (QED) is 0.747.